The summed E-state index contributed by atoms with van der Waals surface area (Å²) < 4.78 is 33.9. The Morgan fingerprint density at radius 1 is 1.22 bits per heavy atom. The Hall–Kier alpha value is -2.54. The van der Waals surface area contributed by atoms with E-state index in [2.05, 4.69) is 15.3 Å². The van der Waals surface area contributed by atoms with Crippen molar-refractivity contribution in [3.63, 3.8) is 0 Å². The summed E-state index contributed by atoms with van der Waals surface area (Å²) in [6, 6.07) is 5.41. The van der Waals surface area contributed by atoms with Gasteiger partial charge in [-0.1, -0.05) is 6.07 Å². The molecule has 2 aliphatic carbocycles. The maximum atomic E-state index is 14.6. The lowest BCUT2D eigenvalue weighted by atomic mass is 9.95. The number of benzene rings is 1. The molecule has 2 aliphatic rings. The monoisotopic (exact) mass is 372 g/mol. The molecular weight excluding hydrogens is 350 g/mol. The molecule has 2 unspecified atom stereocenters. The highest BCUT2D eigenvalue weighted by Gasteiger charge is 2.26. The first-order valence-electron chi connectivity index (χ1n) is 9.18. The first-order valence-corrected chi connectivity index (χ1v) is 9.18. The molecule has 0 aliphatic heterocycles. The number of hydrogen-bond donors (Lipinski definition) is 2. The number of nitrogens with one attached hydrogen (secondary N) is 1. The molecule has 27 heavy (non-hydrogen) atoms. The van der Waals surface area contributed by atoms with Crippen LogP contribution in [0.5, 0.6) is 0 Å². The second kappa shape index (κ2) is 7.23. The van der Waals surface area contributed by atoms with Crippen LogP contribution in [-0.4, -0.2) is 29.2 Å². The van der Waals surface area contributed by atoms with Crippen molar-refractivity contribution in [1.29, 1.82) is 0 Å². The van der Waals surface area contributed by atoms with E-state index in [1.54, 1.807) is 24.4 Å². The number of fused-ring (bicyclic) bond motifs is 1. The van der Waals surface area contributed by atoms with Crippen LogP contribution >= 0.6 is 0 Å². The van der Waals surface area contributed by atoms with Gasteiger partial charge in [-0.2, -0.15) is 0 Å². The summed E-state index contributed by atoms with van der Waals surface area (Å²) in [7, 11) is 1.40. The summed E-state index contributed by atoms with van der Waals surface area (Å²) >= 11 is 0. The first kappa shape index (κ1) is 17.9. The molecule has 1 aromatic heterocycles. The van der Waals surface area contributed by atoms with Crippen molar-refractivity contribution in [3.8, 4) is 0 Å². The Balaban J connectivity index is 1.65. The van der Waals surface area contributed by atoms with Gasteiger partial charge in [-0.25, -0.2) is 18.7 Å². The number of hydrogen-bond acceptors (Lipinski definition) is 5. The molecule has 1 heterocycles. The molecule has 5 nitrogen and oxygen atoms in total. The Bertz CT molecular complexity index is 941. The zero-order valence-corrected chi connectivity index (χ0v) is 15.1. The first-order chi connectivity index (χ1) is 13.1. The van der Waals surface area contributed by atoms with Crippen LogP contribution in [0.2, 0.25) is 0 Å². The summed E-state index contributed by atoms with van der Waals surface area (Å²) in [4.78, 5) is 8.85. The van der Waals surface area contributed by atoms with Crippen molar-refractivity contribution in [3.05, 3.63) is 47.4 Å². The minimum Gasteiger partial charge on any atom is -0.498 e. The van der Waals surface area contributed by atoms with E-state index in [-0.39, 0.29) is 36.3 Å². The highest BCUT2D eigenvalue weighted by Crippen LogP contribution is 2.39. The van der Waals surface area contributed by atoms with Gasteiger partial charge >= 0.3 is 0 Å². The lowest BCUT2D eigenvalue weighted by Gasteiger charge is -2.18. The predicted molar refractivity (Wildman–Crippen MR) is 101 cm³/mol. The van der Waals surface area contributed by atoms with E-state index in [4.69, 9.17) is 10.5 Å². The molecule has 7 heteroatoms. The standard InChI is InChI=1S/C20H22F2N4O/c1-27-17-8-6-13(21)18(19(17)22)11-5-7-15-12(9-11)10-24-20(25-15)26-16-4-2-3-14(16)23/h5,7,9-10,14,16H,2-4,6,8,23H2,1H3,(H,24,25,26). The van der Waals surface area contributed by atoms with Gasteiger partial charge in [0.1, 0.15) is 11.6 Å². The maximum Gasteiger partial charge on any atom is 0.223 e. The number of anilines is 1. The van der Waals surface area contributed by atoms with Crippen molar-refractivity contribution in [2.24, 2.45) is 5.73 Å². The minimum atomic E-state index is -0.643. The maximum absolute atomic E-state index is 14.6. The SMILES string of the molecule is COC1=C(F)C(c2ccc3nc(NC4CCCC4N)ncc3c2)=C(F)CC1. The van der Waals surface area contributed by atoms with Crippen LogP contribution in [0.4, 0.5) is 14.7 Å². The van der Waals surface area contributed by atoms with Crippen LogP contribution < -0.4 is 11.1 Å². The van der Waals surface area contributed by atoms with E-state index >= 15 is 0 Å². The quantitative estimate of drug-likeness (QED) is 0.841. The largest absolute Gasteiger partial charge is 0.498 e. The van der Waals surface area contributed by atoms with Gasteiger partial charge in [0.05, 0.1) is 18.2 Å². The molecule has 3 N–H and O–H groups in total. The fraction of sp³-hybridized carbons (Fsp3) is 0.400. The smallest absolute Gasteiger partial charge is 0.223 e. The predicted octanol–water partition coefficient (Wildman–Crippen LogP) is 4.22. The topological polar surface area (TPSA) is 73.1 Å². The van der Waals surface area contributed by atoms with Crippen molar-refractivity contribution in [2.45, 2.75) is 44.2 Å². The molecule has 1 aromatic carbocycles. The highest BCUT2D eigenvalue weighted by molar-refractivity contribution is 5.87. The lowest BCUT2D eigenvalue weighted by molar-refractivity contribution is 0.259. The second-order valence-corrected chi connectivity index (χ2v) is 7.03. The summed E-state index contributed by atoms with van der Waals surface area (Å²) in [6.07, 6.45) is 5.12. The number of aromatic nitrogens is 2. The Kier molecular flexibility index (Phi) is 4.78. The van der Waals surface area contributed by atoms with E-state index in [0.717, 1.165) is 19.3 Å². The molecule has 1 saturated carbocycles. The third-order valence-corrected chi connectivity index (χ3v) is 5.31. The summed E-state index contributed by atoms with van der Waals surface area (Å²) in [6.45, 7) is 0. The van der Waals surface area contributed by atoms with Gasteiger partial charge in [-0.05, 0) is 37.0 Å². The average molecular weight is 372 g/mol. The molecule has 1 fully saturated rings. The number of ether oxygens (including phenoxy) is 1. The molecule has 0 amide bonds. The Labute approximate surface area is 156 Å². The van der Waals surface area contributed by atoms with E-state index in [9.17, 15) is 8.78 Å². The third kappa shape index (κ3) is 3.39. The van der Waals surface area contributed by atoms with Crippen LogP contribution in [0.1, 0.15) is 37.7 Å². The Morgan fingerprint density at radius 2 is 2.07 bits per heavy atom. The normalized spacial score (nSPS) is 23.3. The molecule has 4 rings (SSSR count). The van der Waals surface area contributed by atoms with Gasteiger partial charge in [0, 0.05) is 36.5 Å². The Morgan fingerprint density at radius 3 is 2.81 bits per heavy atom. The van der Waals surface area contributed by atoms with Crippen LogP contribution in [0.3, 0.4) is 0 Å². The molecule has 142 valence electrons. The van der Waals surface area contributed by atoms with Crippen LogP contribution in [0.25, 0.3) is 16.5 Å². The van der Waals surface area contributed by atoms with Gasteiger partial charge in [0.2, 0.25) is 5.95 Å². The zero-order valence-electron chi connectivity index (χ0n) is 15.1. The highest BCUT2D eigenvalue weighted by atomic mass is 19.1. The third-order valence-electron chi connectivity index (χ3n) is 5.31. The molecule has 2 atom stereocenters. The van der Waals surface area contributed by atoms with Gasteiger partial charge in [-0.3, -0.25) is 0 Å². The molecule has 0 radical (unpaired) electrons. The number of methoxy groups -OCH3 is 1. The molecule has 0 spiro atoms. The van der Waals surface area contributed by atoms with Gasteiger partial charge < -0.3 is 15.8 Å². The molecule has 0 bridgehead atoms. The van der Waals surface area contributed by atoms with Gasteiger partial charge in [-0.15, -0.1) is 0 Å². The van der Waals surface area contributed by atoms with Crippen LogP contribution in [-0.2, 0) is 4.74 Å². The fourth-order valence-electron chi connectivity index (χ4n) is 3.78. The zero-order chi connectivity index (χ0) is 19.0. The number of rotatable bonds is 4. The fourth-order valence-corrected chi connectivity index (χ4v) is 3.78. The number of nitrogens with zero attached hydrogens (tertiary/aromatic N) is 2. The van der Waals surface area contributed by atoms with Gasteiger partial charge in [0.25, 0.3) is 0 Å². The van der Waals surface area contributed by atoms with E-state index < -0.39 is 11.7 Å². The van der Waals surface area contributed by atoms with Crippen molar-refractivity contribution in [2.75, 3.05) is 12.4 Å². The van der Waals surface area contributed by atoms with Crippen molar-refractivity contribution >= 4 is 22.4 Å². The van der Waals surface area contributed by atoms with Crippen molar-refractivity contribution < 1.29 is 13.5 Å². The molecular formula is C20H22F2N4O. The minimum absolute atomic E-state index is 0.0425. The van der Waals surface area contributed by atoms with Crippen molar-refractivity contribution in [1.82, 2.24) is 9.97 Å². The lowest BCUT2D eigenvalue weighted by Crippen LogP contribution is -2.35. The average Bonchev–Trinajstić information content (AvgIpc) is 3.06. The summed E-state index contributed by atoms with van der Waals surface area (Å²) in [5, 5.41) is 4.00. The summed E-state index contributed by atoms with van der Waals surface area (Å²) in [5.41, 5.74) is 7.20. The van der Waals surface area contributed by atoms with E-state index in [0.29, 0.717) is 22.4 Å². The molecule has 0 saturated heterocycles. The van der Waals surface area contributed by atoms with Crippen LogP contribution in [0, 0.1) is 0 Å². The van der Waals surface area contributed by atoms with E-state index in [1.165, 1.54) is 7.11 Å². The van der Waals surface area contributed by atoms with Gasteiger partial charge in [0.15, 0.2) is 5.83 Å². The summed E-state index contributed by atoms with van der Waals surface area (Å²) in [5.74, 6) is -0.416. The second-order valence-electron chi connectivity index (χ2n) is 7.03. The number of nitrogens with two attached hydrogens (primary N) is 1. The molecule has 2 aromatic rings. The number of allylic oxidation sites excluding steroid dienone is 4. The number of halogens is 2. The van der Waals surface area contributed by atoms with Crippen LogP contribution in [0.15, 0.2) is 41.8 Å². The van der Waals surface area contributed by atoms with E-state index in [1.807, 2.05) is 0 Å².